The molecule has 1 aromatic carbocycles. The second-order valence-electron chi connectivity index (χ2n) is 6.51. The number of anilines is 1. The summed E-state index contributed by atoms with van der Waals surface area (Å²) in [7, 11) is 1.92. The molecule has 1 amide bonds. The number of hydrogen-bond acceptors (Lipinski definition) is 4. The molecule has 136 valence electrons. The number of hydrogen-bond donors (Lipinski definition) is 1. The number of rotatable bonds is 8. The molecule has 0 saturated carbocycles. The summed E-state index contributed by atoms with van der Waals surface area (Å²) in [5.41, 5.74) is 1.11. The van der Waals surface area contributed by atoms with Crippen molar-refractivity contribution in [1.82, 2.24) is 14.7 Å². The molecule has 25 heavy (non-hydrogen) atoms. The Balaban J connectivity index is 1.84. The van der Waals surface area contributed by atoms with Crippen molar-refractivity contribution in [1.29, 1.82) is 0 Å². The van der Waals surface area contributed by atoms with Crippen molar-refractivity contribution in [3.63, 3.8) is 0 Å². The molecule has 0 saturated heterocycles. The Labute approximate surface area is 149 Å². The molecule has 1 aromatic heterocycles. The summed E-state index contributed by atoms with van der Waals surface area (Å²) in [6.45, 7) is 9.16. The highest BCUT2D eigenvalue weighted by Gasteiger charge is 2.19. The van der Waals surface area contributed by atoms with Gasteiger partial charge < -0.3 is 10.1 Å². The molecule has 6 nitrogen and oxygen atoms in total. The van der Waals surface area contributed by atoms with E-state index in [0.29, 0.717) is 13.2 Å². The molecular formula is C19H28N4O2. The van der Waals surface area contributed by atoms with Crippen LogP contribution >= 0.6 is 0 Å². The topological polar surface area (TPSA) is 59.4 Å². The van der Waals surface area contributed by atoms with Crippen LogP contribution in [0.5, 0.6) is 5.75 Å². The average Bonchev–Trinajstić information content (AvgIpc) is 3.04. The van der Waals surface area contributed by atoms with Gasteiger partial charge in [-0.05, 0) is 46.4 Å². The van der Waals surface area contributed by atoms with Crippen LogP contribution in [0.1, 0.15) is 32.4 Å². The number of aryl methyl sites for hydroxylation is 1. The predicted octanol–water partition coefficient (Wildman–Crippen LogP) is 3.11. The maximum absolute atomic E-state index is 12.5. The number of para-hydroxylation sites is 1. The Morgan fingerprint density at radius 2 is 2.00 bits per heavy atom. The van der Waals surface area contributed by atoms with E-state index < -0.39 is 0 Å². The fourth-order valence-electron chi connectivity index (χ4n) is 2.47. The average molecular weight is 344 g/mol. The Morgan fingerprint density at radius 3 is 2.68 bits per heavy atom. The van der Waals surface area contributed by atoms with Crippen molar-refractivity contribution in [2.75, 3.05) is 25.5 Å². The van der Waals surface area contributed by atoms with Gasteiger partial charge in [-0.2, -0.15) is 5.10 Å². The molecular weight excluding hydrogens is 316 g/mol. The van der Waals surface area contributed by atoms with Gasteiger partial charge in [-0.25, -0.2) is 4.68 Å². The predicted molar refractivity (Wildman–Crippen MR) is 100 cm³/mol. The van der Waals surface area contributed by atoms with Crippen LogP contribution in [0.4, 0.5) is 5.82 Å². The molecule has 0 radical (unpaired) electrons. The maximum atomic E-state index is 12.5. The van der Waals surface area contributed by atoms with Crippen LogP contribution in [-0.2, 0) is 4.79 Å². The van der Waals surface area contributed by atoms with E-state index in [9.17, 15) is 4.79 Å². The number of nitrogens with one attached hydrogen (secondary N) is 1. The highest BCUT2D eigenvalue weighted by atomic mass is 16.5. The van der Waals surface area contributed by atoms with Crippen molar-refractivity contribution >= 4 is 11.7 Å². The van der Waals surface area contributed by atoms with Crippen LogP contribution in [0.2, 0.25) is 0 Å². The van der Waals surface area contributed by atoms with Gasteiger partial charge in [0.1, 0.15) is 18.2 Å². The van der Waals surface area contributed by atoms with Crippen LogP contribution < -0.4 is 10.1 Å². The first kappa shape index (κ1) is 19.0. The molecule has 2 aromatic rings. The number of carbonyl (C=O) groups is 1. The molecule has 1 N–H and O–H groups in total. The SMILES string of the molecule is Cc1ccccc1OCCN(C)[C@@H](C)C(=O)Nc1ccnn1C(C)C. The molecule has 0 spiro atoms. The van der Waals surface area contributed by atoms with Gasteiger partial charge in [-0.1, -0.05) is 18.2 Å². The van der Waals surface area contributed by atoms with Crippen molar-refractivity contribution in [3.8, 4) is 5.75 Å². The fraction of sp³-hybridized carbons (Fsp3) is 0.474. The van der Waals surface area contributed by atoms with E-state index in [1.165, 1.54) is 0 Å². The molecule has 0 fully saturated rings. The van der Waals surface area contributed by atoms with Gasteiger partial charge in [0.2, 0.25) is 5.91 Å². The molecule has 1 atom stereocenters. The standard InChI is InChI=1S/C19H28N4O2/c1-14(2)23-18(10-11-20-23)21-19(24)16(4)22(5)12-13-25-17-9-7-6-8-15(17)3/h6-11,14,16H,12-13H2,1-5H3,(H,21,24)/t16-/m0/s1. The monoisotopic (exact) mass is 344 g/mol. The van der Waals surface area contributed by atoms with E-state index in [2.05, 4.69) is 10.4 Å². The van der Waals surface area contributed by atoms with E-state index in [4.69, 9.17) is 4.74 Å². The summed E-state index contributed by atoms with van der Waals surface area (Å²) in [6, 6.07) is 9.66. The molecule has 0 aliphatic heterocycles. The van der Waals surface area contributed by atoms with E-state index in [-0.39, 0.29) is 18.0 Å². The van der Waals surface area contributed by atoms with Gasteiger partial charge in [0.25, 0.3) is 0 Å². The molecule has 0 bridgehead atoms. The first-order valence-electron chi connectivity index (χ1n) is 8.63. The number of nitrogens with zero attached hydrogens (tertiary/aromatic N) is 3. The van der Waals surface area contributed by atoms with Crippen LogP contribution in [0.3, 0.4) is 0 Å². The summed E-state index contributed by atoms with van der Waals surface area (Å²) in [5, 5.41) is 7.18. The van der Waals surface area contributed by atoms with E-state index in [1.54, 1.807) is 10.9 Å². The van der Waals surface area contributed by atoms with E-state index in [1.807, 2.05) is 70.0 Å². The van der Waals surface area contributed by atoms with Gasteiger partial charge in [0, 0.05) is 18.7 Å². The molecule has 1 heterocycles. The van der Waals surface area contributed by atoms with E-state index >= 15 is 0 Å². The molecule has 0 aliphatic carbocycles. The summed E-state index contributed by atoms with van der Waals surface area (Å²) in [6.07, 6.45) is 1.69. The van der Waals surface area contributed by atoms with Gasteiger partial charge in [0.15, 0.2) is 0 Å². The minimum absolute atomic E-state index is 0.0548. The highest BCUT2D eigenvalue weighted by molar-refractivity contribution is 5.93. The highest BCUT2D eigenvalue weighted by Crippen LogP contribution is 2.16. The summed E-state index contributed by atoms with van der Waals surface area (Å²) >= 11 is 0. The maximum Gasteiger partial charge on any atom is 0.242 e. The first-order valence-corrected chi connectivity index (χ1v) is 8.63. The number of carbonyl (C=O) groups excluding carboxylic acids is 1. The van der Waals surface area contributed by atoms with Crippen LogP contribution in [0.15, 0.2) is 36.5 Å². The Bertz CT molecular complexity index is 696. The third kappa shape index (κ3) is 5.06. The van der Waals surface area contributed by atoms with Crippen molar-refractivity contribution in [2.45, 2.75) is 39.8 Å². The Morgan fingerprint density at radius 1 is 1.28 bits per heavy atom. The quantitative estimate of drug-likeness (QED) is 0.799. The lowest BCUT2D eigenvalue weighted by molar-refractivity contribution is -0.120. The number of amides is 1. The lowest BCUT2D eigenvalue weighted by Crippen LogP contribution is -2.41. The van der Waals surface area contributed by atoms with E-state index in [0.717, 1.165) is 17.1 Å². The van der Waals surface area contributed by atoms with Crippen LogP contribution in [0, 0.1) is 6.92 Å². The minimum atomic E-state index is -0.268. The second kappa shape index (κ2) is 8.67. The summed E-state index contributed by atoms with van der Waals surface area (Å²) in [4.78, 5) is 14.5. The lowest BCUT2D eigenvalue weighted by atomic mass is 10.2. The normalized spacial score (nSPS) is 12.4. The Hall–Kier alpha value is -2.34. The molecule has 0 aliphatic rings. The summed E-state index contributed by atoms with van der Waals surface area (Å²) < 4.78 is 7.60. The lowest BCUT2D eigenvalue weighted by Gasteiger charge is -2.24. The number of benzene rings is 1. The van der Waals surface area contributed by atoms with Crippen LogP contribution in [0.25, 0.3) is 0 Å². The third-order valence-corrected chi connectivity index (χ3v) is 4.25. The first-order chi connectivity index (χ1) is 11.9. The second-order valence-corrected chi connectivity index (χ2v) is 6.51. The Kier molecular flexibility index (Phi) is 6.58. The minimum Gasteiger partial charge on any atom is -0.492 e. The van der Waals surface area contributed by atoms with Gasteiger partial charge >= 0.3 is 0 Å². The zero-order valence-corrected chi connectivity index (χ0v) is 15.7. The van der Waals surface area contributed by atoms with Gasteiger partial charge in [0.05, 0.1) is 12.2 Å². The molecule has 0 unspecified atom stereocenters. The third-order valence-electron chi connectivity index (χ3n) is 4.25. The molecule has 6 heteroatoms. The number of aromatic nitrogens is 2. The number of ether oxygens (including phenoxy) is 1. The zero-order valence-electron chi connectivity index (χ0n) is 15.7. The van der Waals surface area contributed by atoms with Gasteiger partial charge in [-0.15, -0.1) is 0 Å². The fourth-order valence-corrected chi connectivity index (χ4v) is 2.47. The number of likely N-dealkylation sites (N-methyl/N-ethyl adjacent to an activating group) is 1. The molecule has 2 rings (SSSR count). The van der Waals surface area contributed by atoms with Crippen molar-refractivity contribution < 1.29 is 9.53 Å². The smallest absolute Gasteiger partial charge is 0.242 e. The zero-order chi connectivity index (χ0) is 18.4. The van der Waals surface area contributed by atoms with Crippen molar-refractivity contribution in [3.05, 3.63) is 42.1 Å². The van der Waals surface area contributed by atoms with Crippen LogP contribution in [-0.4, -0.2) is 46.8 Å². The van der Waals surface area contributed by atoms with Gasteiger partial charge in [-0.3, -0.25) is 9.69 Å². The van der Waals surface area contributed by atoms with Crippen molar-refractivity contribution in [2.24, 2.45) is 0 Å². The summed E-state index contributed by atoms with van der Waals surface area (Å²) in [5.74, 6) is 1.55. The largest absolute Gasteiger partial charge is 0.492 e.